The molecule has 4 N–H and O–H groups in total. The van der Waals surface area contributed by atoms with Crippen LogP contribution < -0.4 is 16.0 Å². The summed E-state index contributed by atoms with van der Waals surface area (Å²) < 4.78 is 4.73. The van der Waals surface area contributed by atoms with Crippen molar-refractivity contribution in [3.05, 3.63) is 29.8 Å². The van der Waals surface area contributed by atoms with Crippen molar-refractivity contribution < 1.29 is 24.2 Å². The molecule has 0 saturated carbocycles. The van der Waals surface area contributed by atoms with Crippen LogP contribution in [-0.4, -0.2) is 72.8 Å². The molecule has 1 saturated heterocycles. The van der Waals surface area contributed by atoms with E-state index in [0.29, 0.717) is 25.9 Å². The molecule has 1 aromatic rings. The van der Waals surface area contributed by atoms with Gasteiger partial charge in [-0.05, 0) is 36.3 Å². The zero-order chi connectivity index (χ0) is 26.0. The van der Waals surface area contributed by atoms with E-state index in [2.05, 4.69) is 5.32 Å². The van der Waals surface area contributed by atoms with Crippen LogP contribution in [0.1, 0.15) is 52.5 Å². The SMILES string of the molecule is COC(=O)NC1Cc2ccccc2N(C(=O)CC(C)(C)C[C@H](N)[C@@H](O)CN2CCC(C)(C)C2=O)C1.Cl. The van der Waals surface area contributed by atoms with Gasteiger partial charge in [0.1, 0.15) is 0 Å². The van der Waals surface area contributed by atoms with Gasteiger partial charge in [-0.2, -0.15) is 0 Å². The minimum Gasteiger partial charge on any atom is -0.453 e. The zero-order valence-electron chi connectivity index (χ0n) is 22.0. The van der Waals surface area contributed by atoms with E-state index in [1.54, 1.807) is 9.80 Å². The van der Waals surface area contributed by atoms with E-state index in [9.17, 15) is 19.5 Å². The Morgan fingerprint density at radius 2 is 1.97 bits per heavy atom. The van der Waals surface area contributed by atoms with Crippen LogP contribution >= 0.6 is 12.4 Å². The first-order valence-corrected chi connectivity index (χ1v) is 12.3. The number of nitrogens with zero attached hydrogens (tertiary/aromatic N) is 2. The fourth-order valence-electron chi connectivity index (χ4n) is 5.09. The minimum atomic E-state index is -0.869. The molecule has 0 spiro atoms. The Morgan fingerprint density at radius 3 is 2.58 bits per heavy atom. The summed E-state index contributed by atoms with van der Waals surface area (Å²) in [6, 6.07) is 6.86. The highest BCUT2D eigenvalue weighted by Gasteiger charge is 2.40. The van der Waals surface area contributed by atoms with Gasteiger partial charge in [0, 0.05) is 43.2 Å². The molecule has 3 amide bonds. The summed E-state index contributed by atoms with van der Waals surface area (Å²) in [7, 11) is 1.32. The number of β-amino-alcohol motifs (C(OH)–C–C–N with tert-alkyl or cyclic N) is 1. The predicted octanol–water partition coefficient (Wildman–Crippen LogP) is 2.48. The number of hydrogen-bond donors (Lipinski definition) is 3. The van der Waals surface area contributed by atoms with Crippen LogP contribution in [0.5, 0.6) is 0 Å². The molecular weight excluding hydrogens is 484 g/mol. The molecule has 1 aromatic carbocycles. The smallest absolute Gasteiger partial charge is 0.407 e. The second-order valence-corrected chi connectivity index (χ2v) is 11.3. The topological polar surface area (TPSA) is 125 Å². The van der Waals surface area contributed by atoms with Crippen LogP contribution in [0.25, 0.3) is 0 Å². The number of methoxy groups -OCH3 is 1. The number of amides is 3. The van der Waals surface area contributed by atoms with Crippen molar-refractivity contribution in [3.63, 3.8) is 0 Å². The molecule has 202 valence electrons. The number of benzene rings is 1. The summed E-state index contributed by atoms with van der Waals surface area (Å²) in [6.45, 7) is 8.92. The number of aliphatic hydroxyl groups excluding tert-OH is 1. The van der Waals surface area contributed by atoms with Gasteiger partial charge in [-0.1, -0.05) is 45.9 Å². The Bertz CT molecular complexity index is 954. The fraction of sp³-hybridized carbons (Fsp3) is 0.654. The second-order valence-electron chi connectivity index (χ2n) is 11.3. The van der Waals surface area contributed by atoms with Crippen LogP contribution in [0.4, 0.5) is 10.5 Å². The molecule has 0 aliphatic carbocycles. The normalized spacial score (nSPS) is 20.8. The monoisotopic (exact) mass is 524 g/mol. The Labute approximate surface area is 220 Å². The number of carbonyl (C=O) groups excluding carboxylic acids is 3. The average molecular weight is 525 g/mol. The van der Waals surface area contributed by atoms with E-state index in [-0.39, 0.29) is 43.2 Å². The van der Waals surface area contributed by atoms with Crippen LogP contribution in [0, 0.1) is 10.8 Å². The number of anilines is 1. The Hall–Kier alpha value is -2.36. The van der Waals surface area contributed by atoms with Crippen LogP contribution in [0.3, 0.4) is 0 Å². The van der Waals surface area contributed by atoms with Gasteiger partial charge in [0.05, 0.1) is 19.3 Å². The standard InChI is InChI=1S/C26H40N4O5.ClH/c1-25(2,13-19(27)21(31)16-29-11-10-26(3,4)23(29)33)14-22(32)30-15-18(28-24(34)35-5)12-17-8-6-7-9-20(17)30;/h6-9,18-19,21,31H,10-16,27H2,1-5H3,(H,28,34);1H/t18?,19-,21-;/m0./s1. The third-order valence-corrected chi connectivity index (χ3v) is 7.15. The molecule has 0 radical (unpaired) electrons. The number of rotatable bonds is 8. The lowest BCUT2D eigenvalue weighted by molar-refractivity contribution is -0.135. The second kappa shape index (κ2) is 11.8. The zero-order valence-corrected chi connectivity index (χ0v) is 22.8. The molecule has 36 heavy (non-hydrogen) atoms. The van der Waals surface area contributed by atoms with E-state index in [1.165, 1.54) is 7.11 Å². The maximum absolute atomic E-state index is 13.4. The third kappa shape index (κ3) is 7.11. The van der Waals surface area contributed by atoms with Gasteiger partial charge in [0.2, 0.25) is 11.8 Å². The Kier molecular flexibility index (Phi) is 9.78. The van der Waals surface area contributed by atoms with Crippen LogP contribution in [0.15, 0.2) is 24.3 Å². The Morgan fingerprint density at radius 1 is 1.31 bits per heavy atom. The number of hydrogen-bond acceptors (Lipinski definition) is 6. The molecule has 1 unspecified atom stereocenters. The van der Waals surface area contributed by atoms with Gasteiger partial charge < -0.3 is 30.7 Å². The molecule has 3 rings (SSSR count). The van der Waals surface area contributed by atoms with Gasteiger partial charge in [-0.15, -0.1) is 12.4 Å². The van der Waals surface area contributed by atoms with E-state index >= 15 is 0 Å². The van der Waals surface area contributed by atoms with Crippen molar-refractivity contribution in [1.29, 1.82) is 0 Å². The number of likely N-dealkylation sites (tertiary alicyclic amines) is 1. The molecule has 2 heterocycles. The van der Waals surface area contributed by atoms with Crippen LogP contribution in [-0.2, 0) is 20.7 Å². The summed E-state index contributed by atoms with van der Waals surface area (Å²) in [5.74, 6) is -0.0333. The number of ether oxygens (including phenoxy) is 1. The largest absolute Gasteiger partial charge is 0.453 e. The van der Waals surface area contributed by atoms with Crippen molar-refractivity contribution in [2.24, 2.45) is 16.6 Å². The van der Waals surface area contributed by atoms with Crippen molar-refractivity contribution in [3.8, 4) is 0 Å². The van der Waals surface area contributed by atoms with Crippen molar-refractivity contribution in [1.82, 2.24) is 10.2 Å². The summed E-state index contributed by atoms with van der Waals surface area (Å²) >= 11 is 0. The summed E-state index contributed by atoms with van der Waals surface area (Å²) in [6.07, 6.45) is 0.624. The number of alkyl carbamates (subject to hydrolysis) is 1. The summed E-state index contributed by atoms with van der Waals surface area (Å²) in [5.41, 5.74) is 7.28. The first kappa shape index (κ1) is 29.9. The van der Waals surface area contributed by atoms with E-state index < -0.39 is 29.1 Å². The highest BCUT2D eigenvalue weighted by Crippen LogP contribution is 2.34. The molecule has 10 heteroatoms. The van der Waals surface area contributed by atoms with Crippen molar-refractivity contribution in [2.45, 2.75) is 71.6 Å². The molecule has 2 aliphatic heterocycles. The Balaban J connectivity index is 0.00000456. The van der Waals surface area contributed by atoms with Gasteiger partial charge in [0.15, 0.2) is 0 Å². The molecular formula is C26H41ClN4O5. The minimum absolute atomic E-state index is 0. The lowest BCUT2D eigenvalue weighted by Crippen LogP contribution is -2.51. The maximum atomic E-state index is 13.4. The highest BCUT2D eigenvalue weighted by molar-refractivity contribution is 5.95. The van der Waals surface area contributed by atoms with E-state index in [0.717, 1.165) is 17.7 Å². The predicted molar refractivity (Wildman–Crippen MR) is 141 cm³/mol. The fourth-order valence-corrected chi connectivity index (χ4v) is 5.09. The van der Waals surface area contributed by atoms with Gasteiger partial charge in [0.25, 0.3) is 0 Å². The molecule has 2 aliphatic rings. The van der Waals surface area contributed by atoms with Crippen LogP contribution in [0.2, 0.25) is 0 Å². The molecule has 1 fully saturated rings. The number of nitrogens with one attached hydrogen (secondary N) is 1. The molecule has 3 atom stereocenters. The number of nitrogens with two attached hydrogens (primary N) is 1. The molecule has 0 bridgehead atoms. The lowest BCUT2D eigenvalue weighted by Gasteiger charge is -2.37. The van der Waals surface area contributed by atoms with Gasteiger partial charge in [-0.25, -0.2) is 4.79 Å². The molecule has 0 aromatic heterocycles. The first-order chi connectivity index (χ1) is 16.3. The van der Waals surface area contributed by atoms with Gasteiger partial charge in [-0.3, -0.25) is 9.59 Å². The number of para-hydroxylation sites is 1. The third-order valence-electron chi connectivity index (χ3n) is 7.15. The number of halogens is 1. The number of carbonyl (C=O) groups is 3. The molecule has 9 nitrogen and oxygen atoms in total. The summed E-state index contributed by atoms with van der Waals surface area (Å²) in [5, 5.41) is 13.5. The number of fused-ring (bicyclic) bond motifs is 1. The lowest BCUT2D eigenvalue weighted by atomic mass is 9.80. The van der Waals surface area contributed by atoms with Gasteiger partial charge >= 0.3 is 6.09 Å². The van der Waals surface area contributed by atoms with E-state index in [1.807, 2.05) is 52.0 Å². The van der Waals surface area contributed by atoms with Crippen molar-refractivity contribution in [2.75, 3.05) is 31.6 Å². The van der Waals surface area contributed by atoms with Crippen molar-refractivity contribution >= 4 is 36.0 Å². The average Bonchev–Trinajstić information content (AvgIpc) is 3.04. The summed E-state index contributed by atoms with van der Waals surface area (Å²) in [4.78, 5) is 41.1. The maximum Gasteiger partial charge on any atom is 0.407 e. The number of aliphatic hydroxyl groups is 1. The first-order valence-electron chi connectivity index (χ1n) is 12.3. The van der Waals surface area contributed by atoms with E-state index in [4.69, 9.17) is 10.5 Å². The quantitative estimate of drug-likeness (QED) is 0.479. The highest BCUT2D eigenvalue weighted by atomic mass is 35.5.